The van der Waals surface area contributed by atoms with Crippen LogP contribution in [0.2, 0.25) is 0 Å². The van der Waals surface area contributed by atoms with Gasteiger partial charge in [-0.1, -0.05) is 61.7 Å². The summed E-state index contributed by atoms with van der Waals surface area (Å²) in [6.45, 7) is 0. The number of fused-ring (bicyclic) bond motifs is 1. The second kappa shape index (κ2) is 6.69. The van der Waals surface area contributed by atoms with Crippen molar-refractivity contribution in [1.29, 1.82) is 0 Å². The van der Waals surface area contributed by atoms with Gasteiger partial charge in [0.05, 0.1) is 6.42 Å². The molecule has 0 radical (unpaired) electrons. The number of nitrogens with one attached hydrogen (secondary N) is 1. The van der Waals surface area contributed by atoms with Gasteiger partial charge in [0, 0.05) is 16.8 Å². The smallest absolute Gasteiger partial charge is 0.261 e. The number of benzene rings is 2. The van der Waals surface area contributed by atoms with E-state index in [2.05, 4.69) is 5.32 Å². The zero-order valence-corrected chi connectivity index (χ0v) is 14.7. The molecule has 1 heterocycles. The Morgan fingerprint density at radius 2 is 1.73 bits per heavy atom. The molecule has 0 saturated heterocycles. The lowest BCUT2D eigenvalue weighted by Crippen LogP contribution is -2.36. The molecule has 0 spiro atoms. The zero-order chi connectivity index (χ0) is 18.1. The van der Waals surface area contributed by atoms with Crippen molar-refractivity contribution in [2.45, 2.75) is 50.0 Å². The monoisotopic (exact) mass is 349 g/mol. The Hall–Kier alpha value is -2.46. The summed E-state index contributed by atoms with van der Waals surface area (Å²) in [4.78, 5) is 25.0. The molecule has 1 fully saturated rings. The summed E-state index contributed by atoms with van der Waals surface area (Å²) in [5, 5.41) is 13.5. The maximum atomic E-state index is 12.7. The minimum Gasteiger partial charge on any atom is -0.375 e. The third-order valence-electron chi connectivity index (χ3n) is 5.72. The third-order valence-corrected chi connectivity index (χ3v) is 5.72. The zero-order valence-electron chi connectivity index (χ0n) is 14.7. The Bertz CT molecular complexity index is 837. The molecule has 1 aliphatic carbocycles. The van der Waals surface area contributed by atoms with Crippen molar-refractivity contribution in [1.82, 2.24) is 0 Å². The van der Waals surface area contributed by atoms with Crippen LogP contribution in [0.15, 0.2) is 48.5 Å². The fraction of sp³-hybridized carbons (Fsp3) is 0.364. The van der Waals surface area contributed by atoms with Gasteiger partial charge < -0.3 is 10.4 Å². The van der Waals surface area contributed by atoms with E-state index in [1.807, 2.05) is 24.3 Å². The number of Topliss-reactive ketones (excluding diaryl/α,β-unsaturated/α-hetero) is 1. The maximum absolute atomic E-state index is 12.7. The number of carbonyl (C=O) groups is 2. The van der Waals surface area contributed by atoms with Gasteiger partial charge in [-0.15, -0.1) is 0 Å². The molecule has 0 unspecified atom stereocenters. The molecule has 2 aromatic carbocycles. The van der Waals surface area contributed by atoms with Crippen molar-refractivity contribution in [3.63, 3.8) is 0 Å². The lowest BCUT2D eigenvalue weighted by atomic mass is 9.83. The molecule has 0 bridgehead atoms. The summed E-state index contributed by atoms with van der Waals surface area (Å²) in [5.41, 5.74) is 1.06. The molecule has 134 valence electrons. The molecule has 2 N–H and O–H groups in total. The normalized spacial score (nSPS) is 22.7. The van der Waals surface area contributed by atoms with Gasteiger partial charge in [-0.25, -0.2) is 0 Å². The predicted molar refractivity (Wildman–Crippen MR) is 100 cm³/mol. The molecular weight excluding hydrogens is 326 g/mol. The van der Waals surface area contributed by atoms with E-state index in [1.54, 1.807) is 24.3 Å². The Balaban J connectivity index is 1.52. The van der Waals surface area contributed by atoms with Gasteiger partial charge in [-0.3, -0.25) is 9.59 Å². The van der Waals surface area contributed by atoms with Crippen LogP contribution >= 0.6 is 0 Å². The van der Waals surface area contributed by atoms with Crippen LogP contribution in [0.1, 0.15) is 65.9 Å². The number of aliphatic hydroxyl groups is 1. The molecule has 1 amide bonds. The first kappa shape index (κ1) is 17.0. The first-order valence-electron chi connectivity index (χ1n) is 9.34. The van der Waals surface area contributed by atoms with Gasteiger partial charge in [-0.2, -0.15) is 0 Å². The van der Waals surface area contributed by atoms with Gasteiger partial charge in [0.2, 0.25) is 0 Å². The number of hydrogen-bond donors (Lipinski definition) is 2. The lowest BCUT2D eigenvalue weighted by molar-refractivity contribution is -0.133. The molecule has 4 nitrogen and oxygen atoms in total. The number of para-hydroxylation sites is 1. The molecule has 1 atom stereocenters. The summed E-state index contributed by atoms with van der Waals surface area (Å²) in [6, 6.07) is 14.7. The van der Waals surface area contributed by atoms with Crippen molar-refractivity contribution < 1.29 is 14.7 Å². The number of amides is 1. The fourth-order valence-corrected chi connectivity index (χ4v) is 4.19. The van der Waals surface area contributed by atoms with Crippen molar-refractivity contribution >= 4 is 17.4 Å². The minimum atomic E-state index is -1.80. The quantitative estimate of drug-likeness (QED) is 0.815. The molecule has 26 heavy (non-hydrogen) atoms. The van der Waals surface area contributed by atoms with Crippen molar-refractivity contribution in [2.75, 3.05) is 5.32 Å². The standard InChI is InChI=1S/C22H23NO3/c24-20(14-22(26)18-8-4-5-9-19(18)23-21(22)25)17-12-10-16(11-13-17)15-6-2-1-3-7-15/h4-5,8-13,15,26H,1-3,6-7,14H2,(H,23,25)/t22-/m0/s1. The van der Waals surface area contributed by atoms with Crippen LogP contribution in [-0.4, -0.2) is 16.8 Å². The molecule has 2 aliphatic rings. The first-order chi connectivity index (χ1) is 12.6. The van der Waals surface area contributed by atoms with Crippen LogP contribution in [0.4, 0.5) is 5.69 Å². The van der Waals surface area contributed by atoms with E-state index in [0.717, 1.165) is 0 Å². The molecule has 1 saturated carbocycles. The number of ketones is 1. The number of rotatable bonds is 4. The summed E-state index contributed by atoms with van der Waals surface area (Å²) in [7, 11) is 0. The average molecular weight is 349 g/mol. The number of hydrogen-bond acceptors (Lipinski definition) is 3. The molecular formula is C22H23NO3. The average Bonchev–Trinajstić information content (AvgIpc) is 2.93. The predicted octanol–water partition coefficient (Wildman–Crippen LogP) is 4.15. The SMILES string of the molecule is O=C(C[C@@]1(O)C(=O)Nc2ccccc21)c1ccc(C2CCCCC2)cc1. The Morgan fingerprint density at radius 1 is 1.04 bits per heavy atom. The number of carbonyl (C=O) groups excluding carboxylic acids is 2. The summed E-state index contributed by atoms with van der Waals surface area (Å²) >= 11 is 0. The fourth-order valence-electron chi connectivity index (χ4n) is 4.19. The largest absolute Gasteiger partial charge is 0.375 e. The first-order valence-corrected chi connectivity index (χ1v) is 9.34. The second-order valence-electron chi connectivity index (χ2n) is 7.42. The third kappa shape index (κ3) is 2.95. The van der Waals surface area contributed by atoms with Gasteiger partial charge in [0.1, 0.15) is 0 Å². The van der Waals surface area contributed by atoms with Crippen LogP contribution in [0.3, 0.4) is 0 Å². The van der Waals surface area contributed by atoms with Crippen LogP contribution in [-0.2, 0) is 10.4 Å². The second-order valence-corrected chi connectivity index (χ2v) is 7.42. The van der Waals surface area contributed by atoms with Crippen LogP contribution in [0.25, 0.3) is 0 Å². The Kier molecular flexibility index (Phi) is 4.37. The maximum Gasteiger partial charge on any atom is 0.261 e. The summed E-state index contributed by atoms with van der Waals surface area (Å²) in [6.07, 6.45) is 6.03. The van der Waals surface area contributed by atoms with Gasteiger partial charge in [0.25, 0.3) is 5.91 Å². The molecule has 4 rings (SSSR count). The molecule has 4 heteroatoms. The number of anilines is 1. The van der Waals surface area contributed by atoms with E-state index in [0.29, 0.717) is 22.7 Å². The highest BCUT2D eigenvalue weighted by atomic mass is 16.3. The van der Waals surface area contributed by atoms with Gasteiger partial charge >= 0.3 is 0 Å². The summed E-state index contributed by atoms with van der Waals surface area (Å²) < 4.78 is 0. The van der Waals surface area contributed by atoms with E-state index < -0.39 is 11.5 Å². The van der Waals surface area contributed by atoms with Crippen molar-refractivity contribution in [3.8, 4) is 0 Å². The van der Waals surface area contributed by atoms with Crippen LogP contribution < -0.4 is 5.32 Å². The van der Waals surface area contributed by atoms with Crippen LogP contribution in [0, 0.1) is 0 Å². The summed E-state index contributed by atoms with van der Waals surface area (Å²) in [5.74, 6) is -0.176. The van der Waals surface area contributed by atoms with Gasteiger partial charge in [0.15, 0.2) is 11.4 Å². The van der Waals surface area contributed by atoms with Crippen molar-refractivity contribution in [2.24, 2.45) is 0 Å². The van der Waals surface area contributed by atoms with E-state index in [1.165, 1.54) is 37.7 Å². The Morgan fingerprint density at radius 3 is 2.46 bits per heavy atom. The Labute approximate surface area is 153 Å². The highest BCUT2D eigenvalue weighted by Gasteiger charge is 2.46. The molecule has 1 aliphatic heterocycles. The molecule has 0 aromatic heterocycles. The van der Waals surface area contributed by atoms with Crippen molar-refractivity contribution in [3.05, 3.63) is 65.2 Å². The van der Waals surface area contributed by atoms with E-state index >= 15 is 0 Å². The molecule has 2 aromatic rings. The van der Waals surface area contributed by atoms with E-state index in [-0.39, 0.29) is 12.2 Å². The van der Waals surface area contributed by atoms with E-state index in [9.17, 15) is 14.7 Å². The van der Waals surface area contributed by atoms with Crippen LogP contribution in [0.5, 0.6) is 0 Å². The minimum absolute atomic E-state index is 0.227. The lowest BCUT2D eigenvalue weighted by Gasteiger charge is -2.22. The highest BCUT2D eigenvalue weighted by molar-refractivity contribution is 6.09. The topological polar surface area (TPSA) is 66.4 Å². The highest BCUT2D eigenvalue weighted by Crippen LogP contribution is 2.39. The van der Waals surface area contributed by atoms with Gasteiger partial charge in [-0.05, 0) is 30.4 Å². The van der Waals surface area contributed by atoms with E-state index in [4.69, 9.17) is 0 Å².